The van der Waals surface area contributed by atoms with Crippen LogP contribution in [0.2, 0.25) is 0 Å². The van der Waals surface area contributed by atoms with Gasteiger partial charge in [-0.3, -0.25) is 4.79 Å². The summed E-state index contributed by atoms with van der Waals surface area (Å²) in [7, 11) is 0. The second kappa shape index (κ2) is 4.53. The largest absolute Gasteiger partial charge is 0.293 e. The summed E-state index contributed by atoms with van der Waals surface area (Å²) < 4.78 is 13.9. The molecule has 0 saturated heterocycles. The molecule has 0 unspecified atom stereocenters. The molecule has 0 amide bonds. The molecule has 1 aromatic rings. The van der Waals surface area contributed by atoms with Crippen LogP contribution in [0.3, 0.4) is 0 Å². The van der Waals surface area contributed by atoms with Crippen LogP contribution in [0.5, 0.6) is 0 Å². The highest BCUT2D eigenvalue weighted by molar-refractivity contribution is 9.13. The molecule has 0 aliphatic rings. The first-order valence-corrected chi connectivity index (χ1v) is 5.42. The van der Waals surface area contributed by atoms with Gasteiger partial charge in [0.2, 0.25) is 0 Å². The van der Waals surface area contributed by atoms with Crippen molar-refractivity contribution in [1.29, 1.82) is 0 Å². The van der Waals surface area contributed by atoms with Crippen molar-refractivity contribution in [3.05, 3.63) is 32.5 Å². The highest BCUT2D eigenvalue weighted by atomic mass is 79.9. The van der Waals surface area contributed by atoms with E-state index in [1.807, 2.05) is 0 Å². The molecular formula is C8H4Br2ClFO. The summed E-state index contributed by atoms with van der Waals surface area (Å²) in [4.78, 5) is 11.2. The first kappa shape index (κ1) is 11.1. The number of ketones is 1. The predicted octanol–water partition coefficient (Wildman–Crippen LogP) is 3.77. The minimum atomic E-state index is -0.469. The van der Waals surface area contributed by atoms with Crippen LogP contribution in [0.15, 0.2) is 21.1 Å². The zero-order valence-corrected chi connectivity index (χ0v) is 10.2. The lowest BCUT2D eigenvalue weighted by Crippen LogP contribution is -2.02. The summed E-state index contributed by atoms with van der Waals surface area (Å²) in [6, 6.07) is 2.43. The maximum Gasteiger partial charge on any atom is 0.178 e. The Hall–Kier alpha value is 0.0700. The lowest BCUT2D eigenvalue weighted by atomic mass is 10.1. The molecule has 0 bridgehead atoms. The van der Waals surface area contributed by atoms with Crippen LogP contribution >= 0.6 is 43.5 Å². The SMILES string of the molecule is O=C(CCl)c1cc(F)cc(Br)c1Br. The van der Waals surface area contributed by atoms with Gasteiger partial charge in [-0.05, 0) is 44.0 Å². The van der Waals surface area contributed by atoms with E-state index < -0.39 is 5.82 Å². The number of Topliss-reactive ketones (excluding diaryl/α,β-unsaturated/α-hetero) is 1. The standard InChI is InChI=1S/C8H4Br2ClFO/c9-6-2-4(12)1-5(8(6)10)7(13)3-11/h1-2H,3H2. The molecule has 70 valence electrons. The average molecular weight is 330 g/mol. The molecule has 0 N–H and O–H groups in total. The van der Waals surface area contributed by atoms with E-state index in [1.54, 1.807) is 0 Å². The Morgan fingerprint density at radius 3 is 2.62 bits per heavy atom. The Bertz CT molecular complexity index is 354. The average Bonchev–Trinajstić information content (AvgIpc) is 2.10. The molecule has 1 nitrogen and oxygen atoms in total. The van der Waals surface area contributed by atoms with Crippen molar-refractivity contribution in [2.24, 2.45) is 0 Å². The van der Waals surface area contributed by atoms with Crippen molar-refractivity contribution in [3.63, 3.8) is 0 Å². The van der Waals surface area contributed by atoms with Crippen LogP contribution < -0.4 is 0 Å². The Labute approximate surface area is 96.5 Å². The third-order valence-corrected chi connectivity index (χ3v) is 3.67. The number of hydrogen-bond donors (Lipinski definition) is 0. The summed E-state index contributed by atoms with van der Waals surface area (Å²) in [5, 5.41) is 0. The molecule has 0 aromatic heterocycles. The van der Waals surface area contributed by atoms with E-state index in [-0.39, 0.29) is 17.2 Å². The fourth-order valence-electron chi connectivity index (χ4n) is 0.831. The van der Waals surface area contributed by atoms with E-state index in [4.69, 9.17) is 11.6 Å². The zero-order chi connectivity index (χ0) is 10.0. The Balaban J connectivity index is 3.28. The number of rotatable bonds is 2. The third kappa shape index (κ3) is 2.51. The monoisotopic (exact) mass is 328 g/mol. The lowest BCUT2D eigenvalue weighted by Gasteiger charge is -2.03. The number of benzene rings is 1. The van der Waals surface area contributed by atoms with Gasteiger partial charge < -0.3 is 0 Å². The van der Waals surface area contributed by atoms with Crippen molar-refractivity contribution in [2.75, 3.05) is 5.88 Å². The summed E-state index contributed by atoms with van der Waals surface area (Å²) in [6.07, 6.45) is 0. The van der Waals surface area contributed by atoms with E-state index in [1.165, 1.54) is 6.07 Å². The number of carbonyl (C=O) groups is 1. The fourth-order valence-corrected chi connectivity index (χ4v) is 1.86. The summed E-state index contributed by atoms with van der Waals surface area (Å²) in [5.41, 5.74) is 0.252. The van der Waals surface area contributed by atoms with Crippen molar-refractivity contribution in [2.45, 2.75) is 0 Å². The smallest absolute Gasteiger partial charge is 0.178 e. The quantitative estimate of drug-likeness (QED) is 0.458. The Morgan fingerprint density at radius 2 is 2.08 bits per heavy atom. The van der Waals surface area contributed by atoms with E-state index in [0.717, 1.165) is 6.07 Å². The van der Waals surface area contributed by atoms with Crippen LogP contribution in [-0.4, -0.2) is 11.7 Å². The zero-order valence-electron chi connectivity index (χ0n) is 6.28. The van der Waals surface area contributed by atoms with Gasteiger partial charge in [0.05, 0.1) is 5.88 Å². The number of halogens is 4. The van der Waals surface area contributed by atoms with Crippen molar-refractivity contribution in [1.82, 2.24) is 0 Å². The van der Waals surface area contributed by atoms with Crippen molar-refractivity contribution >= 4 is 49.2 Å². The van der Waals surface area contributed by atoms with Crippen molar-refractivity contribution in [3.8, 4) is 0 Å². The second-order valence-corrected chi connectivity index (χ2v) is 4.22. The van der Waals surface area contributed by atoms with Gasteiger partial charge in [-0.2, -0.15) is 0 Å². The molecule has 0 aliphatic heterocycles. The van der Waals surface area contributed by atoms with Gasteiger partial charge in [-0.15, -0.1) is 11.6 Å². The molecule has 1 rings (SSSR count). The van der Waals surface area contributed by atoms with E-state index in [0.29, 0.717) is 8.95 Å². The Morgan fingerprint density at radius 1 is 1.46 bits per heavy atom. The topological polar surface area (TPSA) is 17.1 Å². The highest BCUT2D eigenvalue weighted by Crippen LogP contribution is 2.28. The summed E-state index contributed by atoms with van der Waals surface area (Å²) in [5.74, 6) is -0.939. The first-order chi connectivity index (χ1) is 6.06. The fraction of sp³-hybridized carbons (Fsp3) is 0.125. The summed E-state index contributed by atoms with van der Waals surface area (Å²) in [6.45, 7) is 0. The minimum Gasteiger partial charge on any atom is -0.293 e. The van der Waals surface area contributed by atoms with Gasteiger partial charge in [0.25, 0.3) is 0 Å². The van der Waals surface area contributed by atoms with E-state index in [9.17, 15) is 9.18 Å². The van der Waals surface area contributed by atoms with Gasteiger partial charge >= 0.3 is 0 Å². The molecule has 5 heteroatoms. The number of carbonyl (C=O) groups excluding carboxylic acids is 1. The third-order valence-electron chi connectivity index (χ3n) is 1.41. The second-order valence-electron chi connectivity index (χ2n) is 2.31. The van der Waals surface area contributed by atoms with Crippen LogP contribution in [0, 0.1) is 5.82 Å². The van der Waals surface area contributed by atoms with Gasteiger partial charge in [0, 0.05) is 14.5 Å². The number of alkyl halides is 1. The molecule has 13 heavy (non-hydrogen) atoms. The molecule has 1 aromatic carbocycles. The van der Waals surface area contributed by atoms with Crippen LogP contribution in [0.25, 0.3) is 0 Å². The molecular weight excluding hydrogens is 326 g/mol. The predicted molar refractivity (Wildman–Crippen MR) is 56.9 cm³/mol. The van der Waals surface area contributed by atoms with E-state index in [2.05, 4.69) is 31.9 Å². The molecule has 0 fully saturated rings. The molecule has 0 atom stereocenters. The van der Waals surface area contributed by atoms with Crippen LogP contribution in [0.4, 0.5) is 4.39 Å². The maximum absolute atomic E-state index is 12.9. The molecule has 0 aliphatic carbocycles. The van der Waals surface area contributed by atoms with Gasteiger partial charge in [-0.1, -0.05) is 0 Å². The maximum atomic E-state index is 12.9. The van der Waals surface area contributed by atoms with Gasteiger partial charge in [-0.25, -0.2) is 4.39 Å². The Kier molecular flexibility index (Phi) is 3.88. The minimum absolute atomic E-state index is 0.158. The first-order valence-electron chi connectivity index (χ1n) is 3.30. The molecule has 0 heterocycles. The molecule has 0 saturated carbocycles. The van der Waals surface area contributed by atoms with Crippen LogP contribution in [0.1, 0.15) is 10.4 Å². The number of hydrogen-bond acceptors (Lipinski definition) is 1. The molecule has 0 spiro atoms. The molecule has 0 radical (unpaired) electrons. The van der Waals surface area contributed by atoms with Crippen molar-refractivity contribution < 1.29 is 9.18 Å². The van der Waals surface area contributed by atoms with Crippen LogP contribution in [-0.2, 0) is 0 Å². The highest BCUT2D eigenvalue weighted by Gasteiger charge is 2.12. The van der Waals surface area contributed by atoms with Gasteiger partial charge in [0.15, 0.2) is 5.78 Å². The lowest BCUT2D eigenvalue weighted by molar-refractivity contribution is 0.102. The summed E-state index contributed by atoms with van der Waals surface area (Å²) >= 11 is 11.6. The van der Waals surface area contributed by atoms with Gasteiger partial charge in [0.1, 0.15) is 5.82 Å². The van der Waals surface area contributed by atoms with E-state index >= 15 is 0 Å². The normalized spacial score (nSPS) is 10.2.